The van der Waals surface area contributed by atoms with Crippen molar-refractivity contribution in [1.82, 2.24) is 4.98 Å². The number of nitrogens with zero attached hydrogens (tertiary/aromatic N) is 2. The van der Waals surface area contributed by atoms with Gasteiger partial charge >= 0.3 is 0 Å². The molecule has 2 rings (SSSR count). The number of halogens is 1. The van der Waals surface area contributed by atoms with E-state index in [1.54, 1.807) is 6.20 Å². The van der Waals surface area contributed by atoms with Crippen LogP contribution in [0.25, 0.3) is 0 Å². The maximum atomic E-state index is 13.4. The number of thiazole rings is 1. The summed E-state index contributed by atoms with van der Waals surface area (Å²) >= 11 is 1.29. The highest BCUT2D eigenvalue weighted by Gasteiger charge is 2.06. The van der Waals surface area contributed by atoms with Crippen LogP contribution in [0.5, 0.6) is 5.75 Å². The average Bonchev–Trinajstić information content (AvgIpc) is 2.73. The molecule has 0 aliphatic carbocycles. The Kier molecular flexibility index (Phi) is 3.21. The van der Waals surface area contributed by atoms with Gasteiger partial charge in [-0.3, -0.25) is 0 Å². The zero-order valence-corrected chi connectivity index (χ0v) is 9.50. The van der Waals surface area contributed by atoms with Crippen molar-refractivity contribution in [2.75, 3.05) is 5.73 Å². The van der Waals surface area contributed by atoms with Crippen LogP contribution in [0.3, 0.4) is 0 Å². The van der Waals surface area contributed by atoms with Crippen LogP contribution < -0.4 is 10.5 Å². The lowest BCUT2D eigenvalue weighted by molar-refractivity contribution is 0.293. The third kappa shape index (κ3) is 2.71. The number of aromatic nitrogens is 1. The van der Waals surface area contributed by atoms with E-state index in [1.165, 1.54) is 23.5 Å². The van der Waals surface area contributed by atoms with Gasteiger partial charge in [0.25, 0.3) is 0 Å². The van der Waals surface area contributed by atoms with E-state index in [0.29, 0.717) is 5.13 Å². The van der Waals surface area contributed by atoms with Crippen molar-refractivity contribution >= 4 is 16.5 Å². The smallest absolute Gasteiger partial charge is 0.180 e. The van der Waals surface area contributed by atoms with Gasteiger partial charge in [-0.1, -0.05) is 11.3 Å². The van der Waals surface area contributed by atoms with Gasteiger partial charge in [0.1, 0.15) is 6.61 Å². The van der Waals surface area contributed by atoms with E-state index in [0.717, 1.165) is 10.9 Å². The van der Waals surface area contributed by atoms with Crippen LogP contribution in [0.15, 0.2) is 24.4 Å². The molecule has 0 aliphatic heterocycles. The number of nitriles is 1. The predicted octanol–water partition coefficient (Wildman–Crippen LogP) is 2.32. The molecule has 2 aromatic rings. The Morgan fingerprint density at radius 3 is 2.94 bits per heavy atom. The van der Waals surface area contributed by atoms with Crippen LogP contribution in [0, 0.1) is 17.1 Å². The van der Waals surface area contributed by atoms with E-state index in [9.17, 15) is 4.39 Å². The molecular formula is C11H8FN3OS. The Morgan fingerprint density at radius 2 is 2.35 bits per heavy atom. The average molecular weight is 249 g/mol. The molecule has 0 aliphatic rings. The molecule has 4 nitrogen and oxygen atoms in total. The lowest BCUT2D eigenvalue weighted by Crippen LogP contribution is -1.95. The Hall–Kier alpha value is -2.13. The van der Waals surface area contributed by atoms with Crippen molar-refractivity contribution < 1.29 is 9.13 Å². The van der Waals surface area contributed by atoms with Crippen molar-refractivity contribution in [3.63, 3.8) is 0 Å². The lowest BCUT2D eigenvalue weighted by Gasteiger charge is -2.05. The van der Waals surface area contributed by atoms with Gasteiger partial charge in [0, 0.05) is 6.20 Å². The molecule has 0 radical (unpaired) electrons. The summed E-state index contributed by atoms with van der Waals surface area (Å²) in [7, 11) is 0. The third-order valence-electron chi connectivity index (χ3n) is 2.00. The minimum absolute atomic E-state index is 0.107. The van der Waals surface area contributed by atoms with Gasteiger partial charge in [0.15, 0.2) is 16.7 Å². The standard InChI is InChI=1S/C11H8FN3OS/c12-9-3-7(4-13)1-2-10(9)16-6-8-5-15-11(14)17-8/h1-3,5H,6H2,(H2,14,15). The van der Waals surface area contributed by atoms with Gasteiger partial charge in [-0.05, 0) is 18.2 Å². The van der Waals surface area contributed by atoms with Gasteiger partial charge < -0.3 is 10.5 Å². The van der Waals surface area contributed by atoms with Crippen LogP contribution in [-0.2, 0) is 6.61 Å². The summed E-state index contributed by atoms with van der Waals surface area (Å²) in [4.78, 5) is 4.67. The highest BCUT2D eigenvalue weighted by molar-refractivity contribution is 7.15. The number of rotatable bonds is 3. The zero-order chi connectivity index (χ0) is 12.3. The molecule has 0 spiro atoms. The highest BCUT2D eigenvalue weighted by Crippen LogP contribution is 2.21. The van der Waals surface area contributed by atoms with Gasteiger partial charge in [0.05, 0.1) is 16.5 Å². The molecule has 0 bridgehead atoms. The number of nitrogen functional groups attached to an aromatic ring is 1. The molecule has 0 unspecified atom stereocenters. The maximum absolute atomic E-state index is 13.4. The number of hydrogen-bond donors (Lipinski definition) is 1. The van der Waals surface area contributed by atoms with Crippen LogP contribution in [0.1, 0.15) is 10.4 Å². The number of nitrogens with two attached hydrogens (primary N) is 1. The summed E-state index contributed by atoms with van der Waals surface area (Å²) in [6, 6.07) is 5.92. The summed E-state index contributed by atoms with van der Waals surface area (Å²) in [5, 5.41) is 9.03. The molecule has 86 valence electrons. The first kappa shape index (κ1) is 11.4. The molecule has 0 amide bonds. The molecular weight excluding hydrogens is 241 g/mol. The molecule has 0 saturated heterocycles. The van der Waals surface area contributed by atoms with E-state index >= 15 is 0 Å². The Bertz CT molecular complexity index is 576. The number of benzene rings is 1. The summed E-state index contributed by atoms with van der Waals surface area (Å²) in [6.07, 6.45) is 1.58. The van der Waals surface area contributed by atoms with E-state index < -0.39 is 5.82 Å². The Labute approximate surface area is 101 Å². The largest absolute Gasteiger partial charge is 0.485 e. The molecule has 1 heterocycles. The second-order valence-electron chi connectivity index (χ2n) is 3.21. The van der Waals surface area contributed by atoms with E-state index in [2.05, 4.69) is 4.98 Å². The fraction of sp³-hybridized carbons (Fsp3) is 0.0909. The van der Waals surface area contributed by atoms with Gasteiger partial charge in [-0.25, -0.2) is 9.37 Å². The first-order chi connectivity index (χ1) is 8.19. The summed E-state index contributed by atoms with van der Waals surface area (Å²) in [5.74, 6) is -0.447. The molecule has 0 fully saturated rings. The van der Waals surface area contributed by atoms with E-state index in [4.69, 9.17) is 15.7 Å². The van der Waals surface area contributed by atoms with E-state index in [1.807, 2.05) is 6.07 Å². The molecule has 0 atom stereocenters. The van der Waals surface area contributed by atoms with Crippen LogP contribution in [0.4, 0.5) is 9.52 Å². The van der Waals surface area contributed by atoms with Crippen molar-refractivity contribution in [2.45, 2.75) is 6.61 Å². The zero-order valence-electron chi connectivity index (χ0n) is 8.68. The van der Waals surface area contributed by atoms with Crippen molar-refractivity contribution in [2.24, 2.45) is 0 Å². The molecule has 2 N–H and O–H groups in total. The van der Waals surface area contributed by atoms with Crippen molar-refractivity contribution in [3.05, 3.63) is 40.7 Å². The topological polar surface area (TPSA) is 71.9 Å². The summed E-state index contributed by atoms with van der Waals surface area (Å²) in [5.41, 5.74) is 5.72. The normalized spacial score (nSPS) is 9.88. The second kappa shape index (κ2) is 4.80. The summed E-state index contributed by atoms with van der Waals surface area (Å²) < 4.78 is 18.7. The monoisotopic (exact) mass is 249 g/mol. The minimum atomic E-state index is -0.554. The molecule has 17 heavy (non-hydrogen) atoms. The SMILES string of the molecule is N#Cc1ccc(OCc2cnc(N)s2)c(F)c1. The van der Waals surface area contributed by atoms with Crippen LogP contribution in [-0.4, -0.2) is 4.98 Å². The Balaban J connectivity index is 2.07. The molecule has 1 aromatic carbocycles. The minimum Gasteiger partial charge on any atom is -0.485 e. The molecule has 0 saturated carbocycles. The number of anilines is 1. The lowest BCUT2D eigenvalue weighted by atomic mass is 10.2. The Morgan fingerprint density at radius 1 is 1.53 bits per heavy atom. The quantitative estimate of drug-likeness (QED) is 0.906. The van der Waals surface area contributed by atoms with Gasteiger partial charge in [0.2, 0.25) is 0 Å². The van der Waals surface area contributed by atoms with Crippen molar-refractivity contribution in [1.29, 1.82) is 5.26 Å². The molecule has 6 heteroatoms. The van der Waals surface area contributed by atoms with Gasteiger partial charge in [-0.15, -0.1) is 0 Å². The molecule has 1 aromatic heterocycles. The summed E-state index contributed by atoms with van der Waals surface area (Å²) in [6.45, 7) is 0.206. The van der Waals surface area contributed by atoms with Crippen LogP contribution >= 0.6 is 11.3 Å². The fourth-order valence-electron chi connectivity index (χ4n) is 1.23. The second-order valence-corrected chi connectivity index (χ2v) is 4.36. The third-order valence-corrected chi connectivity index (χ3v) is 2.80. The van der Waals surface area contributed by atoms with Crippen LogP contribution in [0.2, 0.25) is 0 Å². The highest BCUT2D eigenvalue weighted by atomic mass is 32.1. The first-order valence-corrected chi connectivity index (χ1v) is 5.53. The van der Waals surface area contributed by atoms with Gasteiger partial charge in [-0.2, -0.15) is 5.26 Å². The van der Waals surface area contributed by atoms with E-state index in [-0.39, 0.29) is 17.9 Å². The fourth-order valence-corrected chi connectivity index (χ4v) is 1.82. The predicted molar refractivity (Wildman–Crippen MR) is 62.0 cm³/mol. The number of ether oxygens (including phenoxy) is 1. The first-order valence-electron chi connectivity index (χ1n) is 4.71. The van der Waals surface area contributed by atoms with Crippen molar-refractivity contribution in [3.8, 4) is 11.8 Å². The maximum Gasteiger partial charge on any atom is 0.180 e. The number of hydrogen-bond acceptors (Lipinski definition) is 5.